The van der Waals surface area contributed by atoms with Gasteiger partial charge >= 0.3 is 0 Å². The van der Waals surface area contributed by atoms with E-state index in [1.54, 1.807) is 6.20 Å². The second kappa shape index (κ2) is 4.41. The standard InChI is InChI=1S/C12H15N3/c13-10-12(5-1-2-6-12)15-9-11-4-3-7-14-8-11/h3-4,7-8,15H,1-2,5-6,9H2. The molecule has 0 radical (unpaired) electrons. The van der Waals surface area contributed by atoms with Crippen LogP contribution in [0.5, 0.6) is 0 Å². The molecule has 1 aliphatic rings. The van der Waals surface area contributed by atoms with Crippen LogP contribution < -0.4 is 5.32 Å². The lowest BCUT2D eigenvalue weighted by atomic mass is 9.99. The maximum atomic E-state index is 9.17. The van der Waals surface area contributed by atoms with E-state index in [1.807, 2.05) is 18.3 Å². The lowest BCUT2D eigenvalue weighted by molar-refractivity contribution is 0.421. The van der Waals surface area contributed by atoms with E-state index in [1.165, 1.54) is 0 Å². The smallest absolute Gasteiger partial charge is 0.107 e. The maximum absolute atomic E-state index is 9.17. The molecule has 1 aromatic rings. The van der Waals surface area contributed by atoms with Crippen LogP contribution in [0.4, 0.5) is 0 Å². The molecule has 0 spiro atoms. The summed E-state index contributed by atoms with van der Waals surface area (Å²) < 4.78 is 0. The predicted octanol–water partition coefficient (Wildman–Crippen LogP) is 2.01. The van der Waals surface area contributed by atoms with Crippen LogP contribution in [0.1, 0.15) is 31.2 Å². The zero-order valence-electron chi connectivity index (χ0n) is 8.74. The summed E-state index contributed by atoms with van der Waals surface area (Å²) in [4.78, 5) is 4.06. The highest BCUT2D eigenvalue weighted by Gasteiger charge is 2.32. The topological polar surface area (TPSA) is 48.7 Å². The van der Waals surface area contributed by atoms with Crippen molar-refractivity contribution in [2.45, 2.75) is 37.8 Å². The average Bonchev–Trinajstić information content (AvgIpc) is 2.77. The summed E-state index contributed by atoms with van der Waals surface area (Å²) in [7, 11) is 0. The molecule has 0 unspecified atom stereocenters. The summed E-state index contributed by atoms with van der Waals surface area (Å²) in [5.74, 6) is 0. The number of nitrogens with zero attached hydrogens (tertiary/aromatic N) is 2. The molecule has 3 heteroatoms. The van der Waals surface area contributed by atoms with Crippen molar-refractivity contribution >= 4 is 0 Å². The molecule has 1 N–H and O–H groups in total. The van der Waals surface area contributed by atoms with Crippen LogP contribution in [-0.4, -0.2) is 10.5 Å². The lowest BCUT2D eigenvalue weighted by Crippen LogP contribution is -2.40. The quantitative estimate of drug-likeness (QED) is 0.813. The number of pyridine rings is 1. The third-order valence-corrected chi connectivity index (χ3v) is 3.02. The van der Waals surface area contributed by atoms with E-state index in [-0.39, 0.29) is 5.54 Å². The lowest BCUT2D eigenvalue weighted by Gasteiger charge is -2.21. The Hall–Kier alpha value is -1.40. The summed E-state index contributed by atoms with van der Waals surface area (Å²) in [6.07, 6.45) is 7.88. The maximum Gasteiger partial charge on any atom is 0.107 e. The fourth-order valence-corrected chi connectivity index (χ4v) is 2.08. The molecule has 0 atom stereocenters. The number of rotatable bonds is 3. The van der Waals surface area contributed by atoms with Gasteiger partial charge in [-0.25, -0.2) is 0 Å². The fraction of sp³-hybridized carbons (Fsp3) is 0.500. The number of nitrogens with one attached hydrogen (secondary N) is 1. The van der Waals surface area contributed by atoms with Crippen LogP contribution in [0.3, 0.4) is 0 Å². The van der Waals surface area contributed by atoms with Crippen LogP contribution in [0.2, 0.25) is 0 Å². The molecule has 1 saturated carbocycles. The first kappa shape index (κ1) is 10.1. The van der Waals surface area contributed by atoms with Crippen molar-refractivity contribution in [2.24, 2.45) is 0 Å². The highest BCUT2D eigenvalue weighted by atomic mass is 15.0. The van der Waals surface area contributed by atoms with Crippen LogP contribution in [0.25, 0.3) is 0 Å². The van der Waals surface area contributed by atoms with Gasteiger partial charge in [0.2, 0.25) is 0 Å². The van der Waals surface area contributed by atoms with E-state index < -0.39 is 0 Å². The van der Waals surface area contributed by atoms with Gasteiger partial charge in [-0.1, -0.05) is 18.9 Å². The second-order valence-corrected chi connectivity index (χ2v) is 4.12. The molecule has 3 nitrogen and oxygen atoms in total. The molecular weight excluding hydrogens is 186 g/mol. The first-order chi connectivity index (χ1) is 7.35. The van der Waals surface area contributed by atoms with E-state index in [0.717, 1.165) is 37.8 Å². The summed E-state index contributed by atoms with van der Waals surface area (Å²) >= 11 is 0. The van der Waals surface area contributed by atoms with Gasteiger partial charge in [0, 0.05) is 18.9 Å². The third-order valence-electron chi connectivity index (χ3n) is 3.02. The van der Waals surface area contributed by atoms with Crippen molar-refractivity contribution in [3.8, 4) is 6.07 Å². The molecule has 78 valence electrons. The van der Waals surface area contributed by atoms with Gasteiger partial charge in [0.1, 0.15) is 5.54 Å². The Balaban J connectivity index is 1.95. The molecule has 1 heterocycles. The Bertz CT molecular complexity index is 347. The predicted molar refractivity (Wildman–Crippen MR) is 57.9 cm³/mol. The molecule has 1 aliphatic carbocycles. The summed E-state index contributed by atoms with van der Waals surface area (Å²) in [6.45, 7) is 0.737. The Kier molecular flexibility index (Phi) is 2.98. The van der Waals surface area contributed by atoms with Crippen molar-refractivity contribution < 1.29 is 0 Å². The van der Waals surface area contributed by atoms with Gasteiger partial charge in [0.25, 0.3) is 0 Å². The first-order valence-electron chi connectivity index (χ1n) is 5.40. The Morgan fingerprint density at radius 3 is 2.87 bits per heavy atom. The normalized spacial score (nSPS) is 18.6. The third kappa shape index (κ3) is 2.34. The van der Waals surface area contributed by atoms with Crippen molar-refractivity contribution in [1.82, 2.24) is 10.3 Å². The molecule has 1 fully saturated rings. The van der Waals surface area contributed by atoms with E-state index >= 15 is 0 Å². The highest BCUT2D eigenvalue weighted by molar-refractivity contribution is 5.13. The highest BCUT2D eigenvalue weighted by Crippen LogP contribution is 2.29. The Labute approximate surface area is 90.1 Å². The van der Waals surface area contributed by atoms with Gasteiger partial charge < -0.3 is 0 Å². The minimum Gasteiger partial charge on any atom is -0.295 e. The number of aromatic nitrogens is 1. The van der Waals surface area contributed by atoms with Crippen LogP contribution in [-0.2, 0) is 6.54 Å². The largest absolute Gasteiger partial charge is 0.295 e. The molecule has 1 aromatic heterocycles. The number of hydrogen-bond acceptors (Lipinski definition) is 3. The summed E-state index contributed by atoms with van der Waals surface area (Å²) in [5.41, 5.74) is 0.856. The summed E-state index contributed by atoms with van der Waals surface area (Å²) in [6, 6.07) is 6.37. The molecule has 0 aromatic carbocycles. The molecule has 0 bridgehead atoms. The van der Waals surface area contributed by atoms with E-state index in [0.29, 0.717) is 0 Å². The summed E-state index contributed by atoms with van der Waals surface area (Å²) in [5, 5.41) is 12.5. The average molecular weight is 201 g/mol. The van der Waals surface area contributed by atoms with E-state index in [4.69, 9.17) is 5.26 Å². The SMILES string of the molecule is N#CC1(NCc2cccnc2)CCCC1. The monoisotopic (exact) mass is 201 g/mol. The fourth-order valence-electron chi connectivity index (χ4n) is 2.08. The molecule has 0 saturated heterocycles. The van der Waals surface area contributed by atoms with Crippen molar-refractivity contribution in [3.05, 3.63) is 30.1 Å². The van der Waals surface area contributed by atoms with Gasteiger partial charge in [-0.15, -0.1) is 0 Å². The zero-order valence-corrected chi connectivity index (χ0v) is 8.74. The van der Waals surface area contributed by atoms with Gasteiger partial charge in [-0.3, -0.25) is 10.3 Å². The minimum atomic E-state index is -0.282. The molecule has 15 heavy (non-hydrogen) atoms. The molecule has 0 amide bonds. The van der Waals surface area contributed by atoms with Crippen LogP contribution >= 0.6 is 0 Å². The van der Waals surface area contributed by atoms with Gasteiger partial charge in [-0.2, -0.15) is 5.26 Å². The molecular formula is C12H15N3. The van der Waals surface area contributed by atoms with Gasteiger partial charge in [0.15, 0.2) is 0 Å². The van der Waals surface area contributed by atoms with E-state index in [2.05, 4.69) is 16.4 Å². The van der Waals surface area contributed by atoms with Crippen molar-refractivity contribution in [2.75, 3.05) is 0 Å². The number of nitriles is 1. The first-order valence-corrected chi connectivity index (χ1v) is 5.40. The minimum absolute atomic E-state index is 0.282. The van der Waals surface area contributed by atoms with Crippen LogP contribution in [0.15, 0.2) is 24.5 Å². The van der Waals surface area contributed by atoms with Crippen molar-refractivity contribution in [1.29, 1.82) is 5.26 Å². The van der Waals surface area contributed by atoms with Crippen LogP contribution in [0, 0.1) is 11.3 Å². The van der Waals surface area contributed by atoms with Crippen molar-refractivity contribution in [3.63, 3.8) is 0 Å². The Morgan fingerprint density at radius 1 is 1.47 bits per heavy atom. The van der Waals surface area contributed by atoms with Gasteiger partial charge in [-0.05, 0) is 24.5 Å². The van der Waals surface area contributed by atoms with E-state index in [9.17, 15) is 0 Å². The molecule has 0 aliphatic heterocycles. The number of hydrogen-bond donors (Lipinski definition) is 1. The second-order valence-electron chi connectivity index (χ2n) is 4.12. The van der Waals surface area contributed by atoms with Gasteiger partial charge in [0.05, 0.1) is 6.07 Å². The Morgan fingerprint density at radius 2 is 2.27 bits per heavy atom. The molecule has 2 rings (SSSR count). The zero-order chi connectivity index (χ0) is 10.6.